The topological polar surface area (TPSA) is 66.1 Å². The van der Waals surface area contributed by atoms with Crippen molar-refractivity contribution in [2.24, 2.45) is 0 Å². The summed E-state index contributed by atoms with van der Waals surface area (Å²) in [5, 5.41) is 1.63. The quantitative estimate of drug-likeness (QED) is 0.540. The van der Waals surface area contributed by atoms with Gasteiger partial charge in [-0.05, 0) is 42.6 Å². The number of anilines is 1. The molecule has 1 aliphatic heterocycles. The van der Waals surface area contributed by atoms with Crippen LogP contribution in [-0.4, -0.2) is 21.8 Å². The molecule has 0 bridgehead atoms. The van der Waals surface area contributed by atoms with Crippen LogP contribution in [0.1, 0.15) is 26.5 Å². The Balaban J connectivity index is 1.74. The number of aryl methyl sites for hydroxylation is 1. The van der Waals surface area contributed by atoms with E-state index in [0.717, 1.165) is 27.6 Å². The van der Waals surface area contributed by atoms with Crippen molar-refractivity contribution in [2.45, 2.75) is 6.92 Å². The maximum absolute atomic E-state index is 13.0. The first-order valence-electron chi connectivity index (χ1n) is 8.00. The second-order valence-corrected chi connectivity index (χ2v) is 6.18. The van der Waals surface area contributed by atoms with E-state index in [4.69, 9.17) is 0 Å². The highest BCUT2D eigenvalue weighted by atomic mass is 16.2. The predicted molar refractivity (Wildman–Crippen MR) is 95.9 cm³/mol. The number of amides is 2. The van der Waals surface area contributed by atoms with E-state index in [9.17, 15) is 9.59 Å². The van der Waals surface area contributed by atoms with Crippen LogP contribution >= 0.6 is 0 Å². The van der Waals surface area contributed by atoms with E-state index >= 15 is 0 Å². The second kappa shape index (κ2) is 4.77. The number of benzene rings is 3. The molecule has 5 heteroatoms. The summed E-state index contributed by atoms with van der Waals surface area (Å²) in [6, 6.07) is 16.4. The summed E-state index contributed by atoms with van der Waals surface area (Å²) in [5.74, 6) is 0.188. The number of imide groups is 1. The zero-order chi connectivity index (χ0) is 17.1. The van der Waals surface area contributed by atoms with E-state index in [2.05, 4.69) is 9.97 Å². The number of hydrogen-bond acceptors (Lipinski definition) is 3. The Morgan fingerprint density at radius 3 is 2.28 bits per heavy atom. The lowest BCUT2D eigenvalue weighted by molar-refractivity contribution is 0.0893. The molecule has 0 saturated heterocycles. The molecule has 5 rings (SSSR count). The molecule has 1 aliphatic rings. The molecule has 0 saturated carbocycles. The minimum atomic E-state index is -0.301. The smallest absolute Gasteiger partial charge is 0.265 e. The fourth-order valence-electron chi connectivity index (χ4n) is 3.53. The van der Waals surface area contributed by atoms with E-state index in [1.807, 2.05) is 37.3 Å². The summed E-state index contributed by atoms with van der Waals surface area (Å²) in [7, 11) is 0. The van der Waals surface area contributed by atoms with Gasteiger partial charge in [-0.3, -0.25) is 9.59 Å². The summed E-state index contributed by atoms with van der Waals surface area (Å²) in [6.07, 6.45) is 0. The molecule has 25 heavy (non-hydrogen) atoms. The fourth-order valence-corrected chi connectivity index (χ4v) is 3.53. The van der Waals surface area contributed by atoms with Gasteiger partial charge in [-0.15, -0.1) is 0 Å². The van der Waals surface area contributed by atoms with Crippen LogP contribution in [0, 0.1) is 6.92 Å². The second-order valence-electron chi connectivity index (χ2n) is 6.18. The Bertz CT molecular complexity index is 1160. The van der Waals surface area contributed by atoms with Crippen molar-refractivity contribution in [1.82, 2.24) is 9.97 Å². The Morgan fingerprint density at radius 1 is 0.920 bits per heavy atom. The van der Waals surface area contributed by atoms with Crippen LogP contribution in [0.15, 0.2) is 54.6 Å². The van der Waals surface area contributed by atoms with E-state index in [-0.39, 0.29) is 11.8 Å². The third-order valence-corrected chi connectivity index (χ3v) is 4.61. The number of nitrogens with zero attached hydrogens (tertiary/aromatic N) is 2. The molecule has 0 unspecified atom stereocenters. The van der Waals surface area contributed by atoms with Crippen LogP contribution < -0.4 is 4.90 Å². The van der Waals surface area contributed by atoms with Gasteiger partial charge in [0.05, 0.1) is 16.7 Å². The molecule has 0 fully saturated rings. The molecule has 3 aromatic carbocycles. The van der Waals surface area contributed by atoms with Gasteiger partial charge in [-0.1, -0.05) is 24.3 Å². The maximum Gasteiger partial charge on any atom is 0.265 e. The van der Waals surface area contributed by atoms with Crippen molar-refractivity contribution < 1.29 is 9.59 Å². The summed E-state index contributed by atoms with van der Waals surface area (Å²) in [5.41, 5.74) is 3.24. The largest absolute Gasteiger partial charge is 0.342 e. The number of aromatic nitrogens is 2. The fraction of sp³-hybridized carbons (Fsp3) is 0.0500. The SMILES string of the molecule is Cc1nc2ccc(N3C(=O)c4cccc5cccc(c45)C3=O)cc2[nH]1. The first kappa shape index (κ1) is 13.9. The van der Waals surface area contributed by atoms with Crippen LogP contribution in [0.4, 0.5) is 5.69 Å². The van der Waals surface area contributed by atoms with Gasteiger partial charge in [0.25, 0.3) is 11.8 Å². The average Bonchev–Trinajstić information content (AvgIpc) is 2.99. The lowest BCUT2D eigenvalue weighted by atomic mass is 9.94. The van der Waals surface area contributed by atoms with Gasteiger partial charge < -0.3 is 4.98 Å². The number of nitrogens with one attached hydrogen (secondary N) is 1. The number of rotatable bonds is 1. The molecular weight excluding hydrogens is 314 g/mol. The van der Waals surface area contributed by atoms with E-state index in [1.54, 1.807) is 24.3 Å². The number of fused-ring (bicyclic) bond motifs is 1. The Hall–Kier alpha value is -3.47. The van der Waals surface area contributed by atoms with Crippen LogP contribution in [-0.2, 0) is 0 Å². The monoisotopic (exact) mass is 327 g/mol. The Kier molecular flexibility index (Phi) is 2.65. The minimum Gasteiger partial charge on any atom is -0.342 e. The third kappa shape index (κ3) is 1.86. The number of carbonyl (C=O) groups is 2. The van der Waals surface area contributed by atoms with E-state index in [1.165, 1.54) is 4.90 Å². The van der Waals surface area contributed by atoms with Gasteiger partial charge in [0, 0.05) is 16.5 Å². The molecule has 5 nitrogen and oxygen atoms in total. The highest BCUT2D eigenvalue weighted by molar-refractivity contribution is 6.35. The Labute approximate surface area is 142 Å². The molecule has 0 atom stereocenters. The first-order chi connectivity index (χ1) is 12.1. The van der Waals surface area contributed by atoms with Crippen LogP contribution in [0.3, 0.4) is 0 Å². The maximum atomic E-state index is 13.0. The summed E-state index contributed by atoms with van der Waals surface area (Å²) >= 11 is 0. The van der Waals surface area contributed by atoms with Crippen molar-refractivity contribution in [1.29, 1.82) is 0 Å². The molecule has 2 heterocycles. The lowest BCUT2D eigenvalue weighted by Gasteiger charge is -2.27. The zero-order valence-electron chi connectivity index (χ0n) is 13.4. The molecular formula is C20H13N3O2. The van der Waals surface area contributed by atoms with Gasteiger partial charge in [0.15, 0.2) is 0 Å². The van der Waals surface area contributed by atoms with E-state index < -0.39 is 0 Å². The van der Waals surface area contributed by atoms with E-state index in [0.29, 0.717) is 16.8 Å². The standard InChI is InChI=1S/C20H13N3O2/c1-11-21-16-9-8-13(10-17(16)22-11)23-19(24)14-6-2-4-12-5-3-7-15(18(12)14)20(23)25/h2-10H,1H3,(H,21,22). The van der Waals surface area contributed by atoms with Gasteiger partial charge in [0.2, 0.25) is 0 Å². The number of carbonyl (C=O) groups excluding carboxylic acids is 2. The normalized spacial score (nSPS) is 13.9. The minimum absolute atomic E-state index is 0.301. The van der Waals surface area contributed by atoms with Gasteiger partial charge in [-0.2, -0.15) is 0 Å². The molecule has 1 aromatic heterocycles. The predicted octanol–water partition coefficient (Wildman–Crippen LogP) is 3.83. The van der Waals surface area contributed by atoms with Gasteiger partial charge in [0.1, 0.15) is 5.82 Å². The van der Waals surface area contributed by atoms with Crippen LogP contribution in [0.25, 0.3) is 21.8 Å². The number of H-pyrrole nitrogens is 1. The van der Waals surface area contributed by atoms with Crippen LogP contribution in [0.2, 0.25) is 0 Å². The molecule has 120 valence electrons. The van der Waals surface area contributed by atoms with Gasteiger partial charge in [-0.25, -0.2) is 9.88 Å². The van der Waals surface area contributed by atoms with Crippen molar-refractivity contribution >= 4 is 39.3 Å². The van der Waals surface area contributed by atoms with Crippen LogP contribution in [0.5, 0.6) is 0 Å². The highest BCUT2D eigenvalue weighted by Gasteiger charge is 2.33. The Morgan fingerprint density at radius 2 is 1.60 bits per heavy atom. The summed E-state index contributed by atoms with van der Waals surface area (Å²) in [4.78, 5) is 34.8. The average molecular weight is 327 g/mol. The summed E-state index contributed by atoms with van der Waals surface area (Å²) < 4.78 is 0. The molecule has 1 N–H and O–H groups in total. The molecule has 4 aromatic rings. The summed E-state index contributed by atoms with van der Waals surface area (Å²) in [6.45, 7) is 1.87. The van der Waals surface area contributed by atoms with Crippen molar-refractivity contribution in [2.75, 3.05) is 4.90 Å². The first-order valence-corrected chi connectivity index (χ1v) is 8.00. The highest BCUT2D eigenvalue weighted by Crippen LogP contribution is 2.33. The third-order valence-electron chi connectivity index (χ3n) is 4.61. The zero-order valence-corrected chi connectivity index (χ0v) is 13.4. The number of hydrogen-bond donors (Lipinski definition) is 1. The molecule has 0 aliphatic carbocycles. The number of imidazole rings is 1. The lowest BCUT2D eigenvalue weighted by Crippen LogP contribution is -2.40. The van der Waals surface area contributed by atoms with Crippen molar-refractivity contribution in [3.8, 4) is 0 Å². The molecule has 0 spiro atoms. The molecule has 0 radical (unpaired) electrons. The van der Waals surface area contributed by atoms with Crippen molar-refractivity contribution in [3.63, 3.8) is 0 Å². The van der Waals surface area contributed by atoms with Crippen molar-refractivity contribution in [3.05, 3.63) is 71.5 Å². The van der Waals surface area contributed by atoms with Gasteiger partial charge >= 0.3 is 0 Å². The molecule has 2 amide bonds. The number of aromatic amines is 1.